The normalized spacial score (nSPS) is 19.5. The van der Waals surface area contributed by atoms with Crippen LogP contribution in [0.1, 0.15) is 45.4 Å². The third-order valence-corrected chi connectivity index (χ3v) is 4.58. The van der Waals surface area contributed by atoms with Crippen molar-refractivity contribution in [2.45, 2.75) is 51.5 Å². The zero-order valence-corrected chi connectivity index (χ0v) is 16.0. The van der Waals surface area contributed by atoms with E-state index < -0.39 is 0 Å². The summed E-state index contributed by atoms with van der Waals surface area (Å²) in [6.07, 6.45) is 7.49. The van der Waals surface area contributed by atoms with Crippen LogP contribution in [0.2, 0.25) is 0 Å². The summed E-state index contributed by atoms with van der Waals surface area (Å²) in [5.74, 6) is 0.903. The Hall–Kier alpha value is -0.850. The minimum absolute atomic E-state index is 0.671. The van der Waals surface area contributed by atoms with E-state index in [4.69, 9.17) is 9.47 Å². The van der Waals surface area contributed by atoms with Gasteiger partial charge in [0, 0.05) is 46.4 Å². The second kappa shape index (κ2) is 14.5. The first-order chi connectivity index (χ1) is 11.8. The van der Waals surface area contributed by atoms with Gasteiger partial charge < -0.3 is 20.1 Å². The molecule has 0 aromatic rings. The van der Waals surface area contributed by atoms with E-state index in [-0.39, 0.29) is 0 Å². The number of unbranched alkanes of at least 4 members (excludes halogenated alkanes) is 1. The van der Waals surface area contributed by atoms with Gasteiger partial charge in [-0.3, -0.25) is 9.89 Å². The van der Waals surface area contributed by atoms with Crippen molar-refractivity contribution in [3.05, 3.63) is 0 Å². The lowest BCUT2D eigenvalue weighted by Gasteiger charge is -2.35. The monoisotopic (exact) mass is 342 g/mol. The number of rotatable bonds is 12. The average Bonchev–Trinajstić information content (AvgIpc) is 2.62. The molecule has 0 aliphatic carbocycles. The molecule has 1 aliphatic rings. The Bertz CT molecular complexity index is 326. The molecule has 1 saturated heterocycles. The molecule has 1 heterocycles. The number of nitrogens with one attached hydrogen (secondary N) is 2. The molecule has 2 N–H and O–H groups in total. The SMILES string of the molecule is CCC1CCCCN1CCNC(=NC)NCCCCOCCOC. The molecule has 0 aromatic carbocycles. The quantitative estimate of drug-likeness (QED) is 0.322. The number of piperidine rings is 1. The Morgan fingerprint density at radius 1 is 1.12 bits per heavy atom. The number of hydrogen-bond donors (Lipinski definition) is 2. The lowest BCUT2D eigenvalue weighted by molar-refractivity contribution is 0.0689. The lowest BCUT2D eigenvalue weighted by Crippen LogP contribution is -2.46. The van der Waals surface area contributed by atoms with Gasteiger partial charge in [0.25, 0.3) is 0 Å². The maximum atomic E-state index is 5.46. The number of aliphatic imine (C=N–C) groups is 1. The third kappa shape index (κ3) is 9.45. The fourth-order valence-electron chi connectivity index (χ4n) is 3.14. The van der Waals surface area contributed by atoms with Crippen LogP contribution in [0.15, 0.2) is 4.99 Å². The number of methoxy groups -OCH3 is 1. The maximum absolute atomic E-state index is 5.46. The summed E-state index contributed by atoms with van der Waals surface area (Å²) in [6, 6.07) is 0.772. The largest absolute Gasteiger partial charge is 0.382 e. The van der Waals surface area contributed by atoms with Crippen molar-refractivity contribution in [2.75, 3.05) is 60.2 Å². The Morgan fingerprint density at radius 2 is 1.96 bits per heavy atom. The summed E-state index contributed by atoms with van der Waals surface area (Å²) in [5.41, 5.74) is 0. The van der Waals surface area contributed by atoms with Crippen molar-refractivity contribution < 1.29 is 9.47 Å². The van der Waals surface area contributed by atoms with Crippen molar-refractivity contribution in [1.82, 2.24) is 15.5 Å². The summed E-state index contributed by atoms with van der Waals surface area (Å²) in [7, 11) is 3.53. The first-order valence-corrected chi connectivity index (χ1v) is 9.57. The molecule has 1 fully saturated rings. The smallest absolute Gasteiger partial charge is 0.191 e. The summed E-state index contributed by atoms with van der Waals surface area (Å²) in [6.45, 7) is 8.68. The number of hydrogen-bond acceptors (Lipinski definition) is 4. The van der Waals surface area contributed by atoms with Gasteiger partial charge in [-0.25, -0.2) is 0 Å². The van der Waals surface area contributed by atoms with E-state index in [0.29, 0.717) is 13.2 Å². The van der Waals surface area contributed by atoms with Crippen LogP contribution in [0.25, 0.3) is 0 Å². The molecule has 1 unspecified atom stereocenters. The van der Waals surface area contributed by atoms with Crippen molar-refractivity contribution in [3.63, 3.8) is 0 Å². The molecule has 0 spiro atoms. The number of nitrogens with zero attached hydrogens (tertiary/aromatic N) is 2. The minimum atomic E-state index is 0.671. The zero-order valence-electron chi connectivity index (χ0n) is 16.0. The van der Waals surface area contributed by atoms with Crippen LogP contribution in [0, 0.1) is 0 Å². The van der Waals surface area contributed by atoms with Gasteiger partial charge in [0.15, 0.2) is 5.96 Å². The molecule has 0 saturated carbocycles. The molecule has 6 nitrogen and oxygen atoms in total. The van der Waals surface area contributed by atoms with Crippen LogP contribution in [-0.4, -0.2) is 77.1 Å². The third-order valence-electron chi connectivity index (χ3n) is 4.58. The molecule has 0 radical (unpaired) electrons. The predicted octanol–water partition coefficient (Wildman–Crippen LogP) is 1.86. The minimum Gasteiger partial charge on any atom is -0.382 e. The van der Waals surface area contributed by atoms with E-state index in [1.54, 1.807) is 7.11 Å². The van der Waals surface area contributed by atoms with E-state index >= 15 is 0 Å². The van der Waals surface area contributed by atoms with Gasteiger partial charge in [-0.15, -0.1) is 0 Å². The van der Waals surface area contributed by atoms with Crippen molar-refractivity contribution in [2.24, 2.45) is 4.99 Å². The van der Waals surface area contributed by atoms with Gasteiger partial charge in [0.1, 0.15) is 0 Å². The summed E-state index contributed by atoms with van der Waals surface area (Å²) in [4.78, 5) is 6.92. The van der Waals surface area contributed by atoms with Gasteiger partial charge in [0.2, 0.25) is 0 Å². The summed E-state index contributed by atoms with van der Waals surface area (Å²) >= 11 is 0. The van der Waals surface area contributed by atoms with Crippen LogP contribution in [-0.2, 0) is 9.47 Å². The predicted molar refractivity (Wildman–Crippen MR) is 101 cm³/mol. The molecule has 0 aromatic heterocycles. The van der Waals surface area contributed by atoms with Crippen LogP contribution in [0.4, 0.5) is 0 Å². The molecule has 1 aliphatic heterocycles. The van der Waals surface area contributed by atoms with E-state index in [1.165, 1.54) is 32.2 Å². The van der Waals surface area contributed by atoms with Crippen LogP contribution >= 0.6 is 0 Å². The summed E-state index contributed by atoms with van der Waals surface area (Å²) in [5, 5.41) is 6.80. The van der Waals surface area contributed by atoms with Crippen molar-refractivity contribution in [1.29, 1.82) is 0 Å². The van der Waals surface area contributed by atoms with Crippen LogP contribution < -0.4 is 10.6 Å². The Labute approximate surface area is 148 Å². The topological polar surface area (TPSA) is 58.1 Å². The lowest BCUT2D eigenvalue weighted by atomic mass is 10.0. The van der Waals surface area contributed by atoms with Gasteiger partial charge in [-0.2, -0.15) is 0 Å². The fourth-order valence-corrected chi connectivity index (χ4v) is 3.14. The van der Waals surface area contributed by atoms with Crippen molar-refractivity contribution in [3.8, 4) is 0 Å². The Kier molecular flexibility index (Phi) is 12.8. The molecule has 0 amide bonds. The van der Waals surface area contributed by atoms with Crippen LogP contribution in [0.5, 0.6) is 0 Å². The van der Waals surface area contributed by atoms with E-state index in [1.807, 2.05) is 7.05 Å². The van der Waals surface area contributed by atoms with E-state index in [0.717, 1.165) is 51.1 Å². The van der Waals surface area contributed by atoms with E-state index in [9.17, 15) is 0 Å². The van der Waals surface area contributed by atoms with E-state index in [2.05, 4.69) is 27.4 Å². The molecular weight excluding hydrogens is 304 g/mol. The highest BCUT2D eigenvalue weighted by Gasteiger charge is 2.19. The number of ether oxygens (including phenoxy) is 2. The molecule has 6 heteroatoms. The van der Waals surface area contributed by atoms with Gasteiger partial charge in [0.05, 0.1) is 13.2 Å². The number of guanidine groups is 1. The molecule has 142 valence electrons. The first kappa shape index (κ1) is 21.2. The van der Waals surface area contributed by atoms with Gasteiger partial charge >= 0.3 is 0 Å². The maximum Gasteiger partial charge on any atom is 0.191 e. The highest BCUT2D eigenvalue weighted by Crippen LogP contribution is 2.18. The highest BCUT2D eigenvalue weighted by molar-refractivity contribution is 5.79. The Balaban J connectivity index is 2.04. The molecule has 0 bridgehead atoms. The van der Waals surface area contributed by atoms with Crippen molar-refractivity contribution >= 4 is 5.96 Å². The van der Waals surface area contributed by atoms with Gasteiger partial charge in [-0.05, 0) is 38.6 Å². The second-order valence-corrected chi connectivity index (χ2v) is 6.33. The summed E-state index contributed by atoms with van der Waals surface area (Å²) < 4.78 is 10.4. The fraction of sp³-hybridized carbons (Fsp3) is 0.944. The average molecular weight is 343 g/mol. The second-order valence-electron chi connectivity index (χ2n) is 6.33. The zero-order chi connectivity index (χ0) is 17.5. The highest BCUT2D eigenvalue weighted by atomic mass is 16.5. The Morgan fingerprint density at radius 3 is 2.71 bits per heavy atom. The molecule has 24 heavy (non-hydrogen) atoms. The number of likely N-dealkylation sites (tertiary alicyclic amines) is 1. The molecular formula is C18H38N4O2. The standard InChI is InChI=1S/C18H38N4O2/c1-4-17-9-5-7-12-22(17)13-11-21-18(19-2)20-10-6-8-14-24-16-15-23-3/h17H,4-16H2,1-3H3,(H2,19,20,21). The van der Waals surface area contributed by atoms with Crippen LogP contribution in [0.3, 0.4) is 0 Å². The van der Waals surface area contributed by atoms with Gasteiger partial charge in [-0.1, -0.05) is 13.3 Å². The molecule has 1 atom stereocenters. The first-order valence-electron chi connectivity index (χ1n) is 9.57. The molecule has 1 rings (SSSR count).